The van der Waals surface area contributed by atoms with Crippen LogP contribution in [0.4, 0.5) is 0 Å². The molecule has 0 amide bonds. The molecule has 0 spiro atoms. The zero-order valence-electron chi connectivity index (χ0n) is 11.8. The third-order valence-electron chi connectivity index (χ3n) is 3.93. The molecule has 3 unspecified atom stereocenters. The lowest BCUT2D eigenvalue weighted by molar-refractivity contribution is 0.0460. The molecule has 0 saturated heterocycles. The summed E-state index contributed by atoms with van der Waals surface area (Å²) in [6.45, 7) is 6.50. The van der Waals surface area contributed by atoms with Crippen molar-refractivity contribution in [2.75, 3.05) is 6.61 Å². The molecule has 108 valence electrons. The quantitative estimate of drug-likeness (QED) is 0.711. The third-order valence-corrected chi connectivity index (χ3v) is 4.94. The summed E-state index contributed by atoms with van der Waals surface area (Å²) >= 11 is 0. The number of rotatable bonds is 7. The van der Waals surface area contributed by atoms with Gasteiger partial charge in [-0.25, -0.2) is 4.57 Å². The van der Waals surface area contributed by atoms with Gasteiger partial charge in [0.1, 0.15) is 0 Å². The predicted octanol–water partition coefficient (Wildman–Crippen LogP) is 4.13. The van der Waals surface area contributed by atoms with Crippen LogP contribution in [0, 0.1) is 11.8 Å². The molecule has 1 fully saturated rings. The molecule has 1 rings (SSSR count). The Hall–Kier alpha value is 0.110. The third kappa shape index (κ3) is 5.40. The number of phosphoric acid groups is 1. The van der Waals surface area contributed by atoms with Crippen LogP contribution in [0.25, 0.3) is 0 Å². The molecule has 0 bridgehead atoms. The van der Waals surface area contributed by atoms with Gasteiger partial charge in [-0.1, -0.05) is 46.5 Å². The average Bonchev–Trinajstić information content (AvgIpc) is 2.33. The number of hydrogen-bond acceptors (Lipinski definition) is 3. The summed E-state index contributed by atoms with van der Waals surface area (Å²) < 4.78 is 22.3. The minimum atomic E-state index is -3.88. The Balaban J connectivity index is 2.40. The van der Waals surface area contributed by atoms with Gasteiger partial charge in [-0.2, -0.15) is 0 Å². The second kappa shape index (κ2) is 7.64. The van der Waals surface area contributed by atoms with E-state index in [0.29, 0.717) is 18.4 Å². The van der Waals surface area contributed by atoms with Crippen molar-refractivity contribution in [3.8, 4) is 0 Å². The number of phosphoric ester groups is 1. The van der Waals surface area contributed by atoms with Gasteiger partial charge in [-0.3, -0.25) is 9.05 Å². The van der Waals surface area contributed by atoms with E-state index in [2.05, 4.69) is 20.8 Å². The van der Waals surface area contributed by atoms with Crippen molar-refractivity contribution < 1.29 is 18.5 Å². The molecule has 1 N–H and O–H groups in total. The Bertz CT molecular complexity index is 278. The second-order valence-corrected chi connectivity index (χ2v) is 6.76. The Morgan fingerprint density at radius 2 is 1.89 bits per heavy atom. The maximum atomic E-state index is 11.9. The maximum Gasteiger partial charge on any atom is 0.472 e. The van der Waals surface area contributed by atoms with Crippen LogP contribution in [0.2, 0.25) is 0 Å². The molecule has 3 atom stereocenters. The Labute approximate surface area is 111 Å². The monoisotopic (exact) mass is 278 g/mol. The van der Waals surface area contributed by atoms with E-state index >= 15 is 0 Å². The summed E-state index contributed by atoms with van der Waals surface area (Å²) in [5.41, 5.74) is 0. The molecule has 18 heavy (non-hydrogen) atoms. The van der Waals surface area contributed by atoms with Gasteiger partial charge in [0.25, 0.3) is 0 Å². The van der Waals surface area contributed by atoms with Gasteiger partial charge < -0.3 is 4.89 Å². The zero-order chi connectivity index (χ0) is 13.6. The van der Waals surface area contributed by atoms with E-state index < -0.39 is 7.82 Å². The van der Waals surface area contributed by atoms with E-state index in [9.17, 15) is 9.46 Å². The molecule has 0 radical (unpaired) electrons. The highest BCUT2D eigenvalue weighted by Gasteiger charge is 2.31. The molecule has 0 aromatic carbocycles. The average molecular weight is 278 g/mol. The summed E-state index contributed by atoms with van der Waals surface area (Å²) in [4.78, 5) is 9.74. The van der Waals surface area contributed by atoms with Crippen LogP contribution in [0.3, 0.4) is 0 Å². The van der Waals surface area contributed by atoms with Crippen LogP contribution in [0.5, 0.6) is 0 Å². The highest BCUT2D eigenvalue weighted by molar-refractivity contribution is 7.47. The van der Waals surface area contributed by atoms with Gasteiger partial charge >= 0.3 is 7.82 Å². The molecular formula is C13H27O4P. The molecule has 1 aliphatic carbocycles. The molecule has 0 aromatic heterocycles. The fourth-order valence-electron chi connectivity index (χ4n) is 2.36. The molecule has 0 aliphatic heterocycles. The minimum Gasteiger partial charge on any atom is -0.302 e. The van der Waals surface area contributed by atoms with Gasteiger partial charge in [0.2, 0.25) is 0 Å². The summed E-state index contributed by atoms with van der Waals surface area (Å²) in [5.74, 6) is 0.675. The first kappa shape index (κ1) is 16.2. The summed E-state index contributed by atoms with van der Waals surface area (Å²) in [7, 11) is -3.88. The smallest absolute Gasteiger partial charge is 0.302 e. The minimum absolute atomic E-state index is 0.128. The van der Waals surface area contributed by atoms with E-state index in [1.165, 1.54) is 6.42 Å². The van der Waals surface area contributed by atoms with Crippen molar-refractivity contribution in [2.45, 2.75) is 65.4 Å². The normalized spacial score (nSPS) is 28.3. The van der Waals surface area contributed by atoms with Crippen LogP contribution in [0.1, 0.15) is 59.3 Å². The standard InChI is InChI=1S/C13H27O4P/c1-4-12(5-2)10-16-18(14,15)17-13-9-7-6-8-11(13)3/h11-13H,4-10H2,1-3H3,(H,14,15). The second-order valence-electron chi connectivity index (χ2n) is 5.35. The summed E-state index contributed by atoms with van der Waals surface area (Å²) in [5, 5.41) is 0. The molecule has 1 aliphatic rings. The Kier molecular flexibility index (Phi) is 6.86. The molecule has 4 nitrogen and oxygen atoms in total. The van der Waals surface area contributed by atoms with Crippen LogP contribution in [-0.4, -0.2) is 17.6 Å². The van der Waals surface area contributed by atoms with Gasteiger partial charge in [0.15, 0.2) is 0 Å². The lowest BCUT2D eigenvalue weighted by Gasteiger charge is -2.30. The Morgan fingerprint density at radius 1 is 1.28 bits per heavy atom. The predicted molar refractivity (Wildman–Crippen MR) is 72.4 cm³/mol. The fraction of sp³-hybridized carbons (Fsp3) is 1.00. The summed E-state index contributed by atoms with van der Waals surface area (Å²) in [6.07, 6.45) is 5.97. The van der Waals surface area contributed by atoms with Crippen molar-refractivity contribution in [2.24, 2.45) is 11.8 Å². The molecular weight excluding hydrogens is 251 g/mol. The van der Waals surface area contributed by atoms with E-state index in [1.807, 2.05) is 0 Å². The first-order valence-corrected chi connectivity index (χ1v) is 8.63. The topological polar surface area (TPSA) is 55.8 Å². The van der Waals surface area contributed by atoms with Crippen LogP contribution in [-0.2, 0) is 13.6 Å². The van der Waals surface area contributed by atoms with Crippen molar-refractivity contribution in [3.63, 3.8) is 0 Å². The van der Waals surface area contributed by atoms with E-state index in [0.717, 1.165) is 32.1 Å². The Morgan fingerprint density at radius 3 is 2.44 bits per heavy atom. The van der Waals surface area contributed by atoms with Gasteiger partial charge in [0.05, 0.1) is 12.7 Å². The molecule has 5 heteroatoms. The fourth-order valence-corrected chi connectivity index (χ4v) is 3.48. The van der Waals surface area contributed by atoms with Crippen molar-refractivity contribution in [3.05, 3.63) is 0 Å². The van der Waals surface area contributed by atoms with Crippen molar-refractivity contribution >= 4 is 7.82 Å². The highest BCUT2D eigenvalue weighted by Crippen LogP contribution is 2.48. The zero-order valence-corrected chi connectivity index (χ0v) is 12.7. The highest BCUT2D eigenvalue weighted by atomic mass is 31.2. The lowest BCUT2D eigenvalue weighted by Crippen LogP contribution is -2.25. The van der Waals surface area contributed by atoms with Crippen molar-refractivity contribution in [1.82, 2.24) is 0 Å². The lowest BCUT2D eigenvalue weighted by atomic mass is 9.88. The number of hydrogen-bond donors (Lipinski definition) is 1. The van der Waals surface area contributed by atoms with Crippen molar-refractivity contribution in [1.29, 1.82) is 0 Å². The largest absolute Gasteiger partial charge is 0.472 e. The first-order chi connectivity index (χ1) is 8.48. The first-order valence-electron chi connectivity index (χ1n) is 7.14. The van der Waals surface area contributed by atoms with E-state index in [-0.39, 0.29) is 6.10 Å². The van der Waals surface area contributed by atoms with Crippen LogP contribution < -0.4 is 0 Å². The van der Waals surface area contributed by atoms with Gasteiger partial charge in [-0.15, -0.1) is 0 Å². The van der Waals surface area contributed by atoms with E-state index in [4.69, 9.17) is 9.05 Å². The van der Waals surface area contributed by atoms with E-state index in [1.54, 1.807) is 0 Å². The van der Waals surface area contributed by atoms with Gasteiger partial charge in [0, 0.05) is 0 Å². The SMILES string of the molecule is CCC(CC)COP(=O)(O)OC1CCCCC1C. The maximum absolute atomic E-state index is 11.9. The molecule has 0 aromatic rings. The molecule has 0 heterocycles. The van der Waals surface area contributed by atoms with Crippen LogP contribution in [0.15, 0.2) is 0 Å². The van der Waals surface area contributed by atoms with Gasteiger partial charge in [-0.05, 0) is 24.7 Å². The summed E-state index contributed by atoms with van der Waals surface area (Å²) in [6, 6.07) is 0. The van der Waals surface area contributed by atoms with Crippen LogP contribution >= 0.6 is 7.82 Å². The molecule has 1 saturated carbocycles.